The normalized spacial score (nSPS) is 20.9. The second-order valence-corrected chi connectivity index (χ2v) is 18.8. The molecule has 1 amide bonds. The Hall–Kier alpha value is -2.41. The molecule has 3 rings (SSSR count). The summed E-state index contributed by atoms with van der Waals surface area (Å²) in [7, 11) is -8.28. The smallest absolute Gasteiger partial charge is 0.534 e. The van der Waals surface area contributed by atoms with Crippen LogP contribution in [-0.2, 0) is 19.0 Å². The molecule has 1 saturated heterocycles. The monoisotopic (exact) mass is 593 g/mol. The van der Waals surface area contributed by atoms with Crippen LogP contribution in [0.15, 0.2) is 24.3 Å². The maximum Gasteiger partial charge on any atom is 0.534 e. The predicted octanol–water partition coefficient (Wildman–Crippen LogP) is 6.83. The molecule has 1 atom stereocenters. The lowest BCUT2D eigenvalue weighted by Crippen LogP contribution is -2.44. The molecule has 1 unspecified atom stereocenters. The summed E-state index contributed by atoms with van der Waals surface area (Å²) in [5, 5.41) is -0.154. The second kappa shape index (κ2) is 10.2. The van der Waals surface area contributed by atoms with Gasteiger partial charge in [0.05, 0.1) is 5.56 Å². The van der Waals surface area contributed by atoms with Gasteiger partial charge in [0.15, 0.2) is 5.76 Å². The molecule has 0 bridgehead atoms. The number of nitrogens with zero attached hydrogens (tertiary/aromatic N) is 1. The quantitative estimate of drug-likeness (QED) is 0.215. The van der Waals surface area contributed by atoms with Crippen LogP contribution in [0.2, 0.25) is 18.1 Å². The van der Waals surface area contributed by atoms with Gasteiger partial charge in [-0.1, -0.05) is 20.8 Å². The second-order valence-electron chi connectivity index (χ2n) is 12.5. The first-order chi connectivity index (χ1) is 17.5. The van der Waals surface area contributed by atoms with Crippen molar-refractivity contribution in [2.45, 2.75) is 95.6 Å². The van der Waals surface area contributed by atoms with E-state index in [9.17, 15) is 26.4 Å². The van der Waals surface area contributed by atoms with Gasteiger partial charge in [-0.15, -0.1) is 0 Å². The largest absolute Gasteiger partial charge is 0.543 e. The highest BCUT2D eigenvalue weighted by Gasteiger charge is 2.50. The highest BCUT2D eigenvalue weighted by atomic mass is 32.2. The molecule has 0 saturated carbocycles. The first kappa shape index (κ1) is 31.1. The number of carbonyl (C=O) groups is 1. The van der Waals surface area contributed by atoms with Gasteiger partial charge in [0.2, 0.25) is 8.32 Å². The third-order valence-corrected chi connectivity index (χ3v) is 12.4. The molecule has 0 radical (unpaired) electrons. The van der Waals surface area contributed by atoms with E-state index in [1.807, 2.05) is 33.9 Å². The van der Waals surface area contributed by atoms with Crippen molar-refractivity contribution >= 4 is 30.3 Å². The van der Waals surface area contributed by atoms with Gasteiger partial charge in [-0.2, -0.15) is 21.6 Å². The van der Waals surface area contributed by atoms with Crippen LogP contribution in [-0.4, -0.2) is 57.5 Å². The lowest BCUT2D eigenvalue weighted by Gasteiger charge is -2.38. The summed E-state index contributed by atoms with van der Waals surface area (Å²) < 4.78 is 86.8. The summed E-state index contributed by atoms with van der Waals surface area (Å²) in [6.45, 7) is 15.9. The first-order valence-electron chi connectivity index (χ1n) is 12.8. The summed E-state index contributed by atoms with van der Waals surface area (Å²) >= 11 is 0. The molecule has 1 aromatic carbocycles. The molecule has 13 heteroatoms. The standard InChI is InChI=1S/C26H38F3NO7SSi/c1-23(2,3)35-22(31)30-14-9-12-25(13-15-30)17-21(36-38(32,33)26(27,28)29)19-16-18(10-11-20(19)34-25)37-39(7,8)24(4,5)6/h10-11,16-17H,9,12-15H2,1-8H3. The molecular formula is C26H38F3NO7SSi. The molecule has 220 valence electrons. The molecule has 2 aliphatic rings. The van der Waals surface area contributed by atoms with Crippen molar-refractivity contribution < 1.29 is 44.5 Å². The van der Waals surface area contributed by atoms with Crippen molar-refractivity contribution in [1.29, 1.82) is 0 Å². The number of alkyl halides is 3. The Labute approximate surface area is 229 Å². The predicted molar refractivity (Wildman–Crippen MR) is 143 cm³/mol. The Balaban J connectivity index is 2.00. The SMILES string of the molecule is CC(C)(C)OC(=O)N1CCCC2(C=C(OS(=O)(=O)C(F)(F)F)c3cc(O[Si](C)(C)C(C)(C)C)ccc3O2)CC1. The number of rotatable bonds is 4. The third kappa shape index (κ3) is 7.22. The van der Waals surface area contributed by atoms with Gasteiger partial charge in [-0.25, -0.2) is 4.79 Å². The molecule has 39 heavy (non-hydrogen) atoms. The maximum absolute atomic E-state index is 13.3. The Morgan fingerprint density at radius 3 is 2.26 bits per heavy atom. The van der Waals surface area contributed by atoms with Crippen LogP contribution in [0, 0.1) is 0 Å². The lowest BCUT2D eigenvalue weighted by atomic mass is 9.90. The van der Waals surface area contributed by atoms with Crippen molar-refractivity contribution in [1.82, 2.24) is 4.90 Å². The molecule has 1 fully saturated rings. The molecule has 1 spiro atoms. The van der Waals surface area contributed by atoms with Gasteiger partial charge < -0.3 is 23.0 Å². The number of fused-ring (bicyclic) bond motifs is 1. The fourth-order valence-corrected chi connectivity index (χ4v) is 5.48. The minimum absolute atomic E-state index is 0.0397. The zero-order chi connectivity index (χ0) is 29.7. The minimum Gasteiger partial charge on any atom is -0.543 e. The average Bonchev–Trinajstić information content (AvgIpc) is 2.93. The van der Waals surface area contributed by atoms with Crippen molar-refractivity contribution in [3.8, 4) is 11.5 Å². The fourth-order valence-electron chi connectivity index (χ4n) is 3.99. The van der Waals surface area contributed by atoms with Crippen molar-refractivity contribution in [3.05, 3.63) is 29.8 Å². The van der Waals surface area contributed by atoms with E-state index in [4.69, 9.17) is 18.1 Å². The molecular weight excluding hydrogens is 555 g/mol. The first-order valence-corrected chi connectivity index (χ1v) is 17.1. The van der Waals surface area contributed by atoms with E-state index < -0.39 is 47.0 Å². The number of hydrogen-bond donors (Lipinski definition) is 0. The molecule has 2 heterocycles. The third-order valence-electron chi connectivity index (χ3n) is 7.07. The number of hydrogen-bond acceptors (Lipinski definition) is 7. The van der Waals surface area contributed by atoms with E-state index in [1.165, 1.54) is 17.0 Å². The Morgan fingerprint density at radius 2 is 1.69 bits per heavy atom. The van der Waals surface area contributed by atoms with E-state index >= 15 is 0 Å². The van der Waals surface area contributed by atoms with Crippen LogP contribution in [0.1, 0.15) is 66.4 Å². The van der Waals surface area contributed by atoms with Gasteiger partial charge in [0, 0.05) is 25.6 Å². The van der Waals surface area contributed by atoms with Crippen LogP contribution in [0.3, 0.4) is 0 Å². The Bertz CT molecular complexity index is 1230. The summed E-state index contributed by atoms with van der Waals surface area (Å²) in [5.74, 6) is 0.0499. The number of ether oxygens (including phenoxy) is 2. The van der Waals surface area contributed by atoms with Gasteiger partial charge in [0.1, 0.15) is 22.7 Å². The summed E-state index contributed by atoms with van der Waals surface area (Å²) in [4.78, 5) is 14.1. The van der Waals surface area contributed by atoms with Gasteiger partial charge in [-0.3, -0.25) is 0 Å². The van der Waals surface area contributed by atoms with E-state index in [1.54, 1.807) is 32.9 Å². The highest BCUT2D eigenvalue weighted by Crippen LogP contribution is 2.45. The van der Waals surface area contributed by atoms with Crippen LogP contribution >= 0.6 is 0 Å². The van der Waals surface area contributed by atoms with Crippen LogP contribution < -0.4 is 9.16 Å². The van der Waals surface area contributed by atoms with E-state index in [0.29, 0.717) is 25.1 Å². The topological polar surface area (TPSA) is 91.4 Å². The zero-order valence-electron chi connectivity index (χ0n) is 23.7. The van der Waals surface area contributed by atoms with Crippen LogP contribution in [0.5, 0.6) is 11.5 Å². The Kier molecular flexibility index (Phi) is 8.14. The number of benzene rings is 1. The van der Waals surface area contributed by atoms with Crippen LogP contribution in [0.25, 0.3) is 5.76 Å². The number of amides is 1. The summed E-state index contributed by atoms with van der Waals surface area (Å²) in [5.41, 5.74) is -7.47. The van der Waals surface area contributed by atoms with Crippen molar-refractivity contribution in [3.63, 3.8) is 0 Å². The van der Waals surface area contributed by atoms with E-state index in [0.717, 1.165) is 0 Å². The lowest BCUT2D eigenvalue weighted by molar-refractivity contribution is -0.0511. The van der Waals surface area contributed by atoms with Crippen molar-refractivity contribution in [2.75, 3.05) is 13.1 Å². The highest BCUT2D eigenvalue weighted by molar-refractivity contribution is 7.87. The fraction of sp³-hybridized carbons (Fsp3) is 0.654. The van der Waals surface area contributed by atoms with Gasteiger partial charge in [-0.05, 0) is 69.9 Å². The average molecular weight is 594 g/mol. The summed E-state index contributed by atoms with van der Waals surface area (Å²) in [6.07, 6.45) is 1.72. The van der Waals surface area contributed by atoms with E-state index in [-0.39, 0.29) is 29.3 Å². The van der Waals surface area contributed by atoms with Gasteiger partial charge >= 0.3 is 21.7 Å². The molecule has 2 aliphatic heterocycles. The van der Waals surface area contributed by atoms with Gasteiger partial charge in [0.25, 0.3) is 0 Å². The van der Waals surface area contributed by atoms with E-state index in [2.05, 4.69) is 0 Å². The number of likely N-dealkylation sites (tertiary alicyclic amines) is 1. The maximum atomic E-state index is 13.3. The molecule has 0 aromatic heterocycles. The Morgan fingerprint density at radius 1 is 1.05 bits per heavy atom. The molecule has 0 N–H and O–H groups in total. The minimum atomic E-state index is -5.96. The molecule has 8 nitrogen and oxygen atoms in total. The number of halogens is 3. The van der Waals surface area contributed by atoms with Crippen molar-refractivity contribution in [2.24, 2.45) is 0 Å². The zero-order valence-corrected chi connectivity index (χ0v) is 25.5. The molecule has 0 aliphatic carbocycles. The number of carbonyl (C=O) groups excluding carboxylic acids is 1. The summed E-state index contributed by atoms with van der Waals surface area (Å²) in [6, 6.07) is 4.65. The molecule has 1 aromatic rings. The van der Waals surface area contributed by atoms with Crippen LogP contribution in [0.4, 0.5) is 18.0 Å².